The molecule has 0 amide bonds. The summed E-state index contributed by atoms with van der Waals surface area (Å²) < 4.78 is 25.5. The van der Waals surface area contributed by atoms with E-state index in [9.17, 15) is 9.00 Å². The molecule has 6 heteroatoms. The highest BCUT2D eigenvalue weighted by molar-refractivity contribution is 9.10. The van der Waals surface area contributed by atoms with Gasteiger partial charge in [0.15, 0.2) is 11.1 Å². The molecule has 0 spiro atoms. The molecule has 2 rings (SSSR count). The molecule has 0 heterocycles. The van der Waals surface area contributed by atoms with Gasteiger partial charge in [0.2, 0.25) is 0 Å². The molecule has 1 aliphatic carbocycles. The van der Waals surface area contributed by atoms with Crippen molar-refractivity contribution in [3.63, 3.8) is 0 Å². The van der Waals surface area contributed by atoms with E-state index in [1.165, 1.54) is 0 Å². The number of alkyl halides is 1. The number of carbonyl (C=O) groups is 1. The van der Waals surface area contributed by atoms with Crippen LogP contribution in [0, 0.1) is 5.92 Å². The van der Waals surface area contributed by atoms with Gasteiger partial charge in [-0.25, -0.2) is 9.00 Å². The second kappa shape index (κ2) is 6.37. The van der Waals surface area contributed by atoms with E-state index >= 15 is 0 Å². The topological polar surface area (TPSA) is 63.6 Å². The lowest BCUT2D eigenvalue weighted by Crippen LogP contribution is -2.35. The number of esters is 1. The molecule has 1 aromatic carbocycles. The lowest BCUT2D eigenvalue weighted by atomic mass is 9.98. The SMILES string of the molecule is CC1(Br)CCC(OC(=O)c2ccccc2)C1CS(=O)O. The summed E-state index contributed by atoms with van der Waals surface area (Å²) in [4.78, 5) is 12.1. The second-order valence-corrected chi connectivity index (χ2v) is 8.01. The lowest BCUT2D eigenvalue weighted by molar-refractivity contribution is 0.0218. The number of carbonyl (C=O) groups excluding carboxylic acids is 1. The highest BCUT2D eigenvalue weighted by Gasteiger charge is 2.46. The first-order valence-electron chi connectivity index (χ1n) is 6.42. The molecule has 110 valence electrons. The monoisotopic (exact) mass is 360 g/mol. The molecule has 4 nitrogen and oxygen atoms in total. The van der Waals surface area contributed by atoms with Crippen molar-refractivity contribution in [2.45, 2.75) is 30.2 Å². The Bertz CT molecular complexity index is 503. The van der Waals surface area contributed by atoms with Gasteiger partial charge in [0.25, 0.3) is 0 Å². The summed E-state index contributed by atoms with van der Waals surface area (Å²) in [6.07, 6.45) is 1.17. The lowest BCUT2D eigenvalue weighted by Gasteiger charge is -2.27. The van der Waals surface area contributed by atoms with Crippen molar-refractivity contribution in [2.24, 2.45) is 5.92 Å². The molecule has 0 radical (unpaired) electrons. The van der Waals surface area contributed by atoms with E-state index in [4.69, 9.17) is 9.29 Å². The molecular formula is C14H17BrO4S. The molecule has 0 aromatic heterocycles. The van der Waals surface area contributed by atoms with Gasteiger partial charge in [-0.3, -0.25) is 0 Å². The van der Waals surface area contributed by atoms with Crippen molar-refractivity contribution < 1.29 is 18.3 Å². The smallest absolute Gasteiger partial charge is 0.338 e. The van der Waals surface area contributed by atoms with Gasteiger partial charge in [0.1, 0.15) is 6.10 Å². The average molecular weight is 361 g/mol. The minimum atomic E-state index is -1.90. The summed E-state index contributed by atoms with van der Waals surface area (Å²) in [6.45, 7) is 1.97. The first-order valence-corrected chi connectivity index (χ1v) is 8.49. The van der Waals surface area contributed by atoms with Crippen molar-refractivity contribution in [3.8, 4) is 0 Å². The van der Waals surface area contributed by atoms with Crippen LogP contribution in [0.2, 0.25) is 0 Å². The first-order chi connectivity index (χ1) is 9.40. The van der Waals surface area contributed by atoms with Gasteiger partial charge in [0.05, 0.1) is 11.3 Å². The molecule has 1 fully saturated rings. The Kier molecular flexibility index (Phi) is 4.99. The van der Waals surface area contributed by atoms with Gasteiger partial charge in [-0.2, -0.15) is 0 Å². The fourth-order valence-corrected chi connectivity index (χ4v) is 4.34. The molecular weight excluding hydrogens is 344 g/mol. The van der Waals surface area contributed by atoms with Crippen molar-refractivity contribution in [2.75, 3.05) is 5.75 Å². The Labute approximate surface area is 129 Å². The molecule has 0 bridgehead atoms. The molecule has 1 aliphatic rings. The summed E-state index contributed by atoms with van der Waals surface area (Å²) in [6, 6.07) is 8.79. The third-order valence-electron chi connectivity index (χ3n) is 3.73. The summed E-state index contributed by atoms with van der Waals surface area (Å²) >= 11 is 1.68. The van der Waals surface area contributed by atoms with E-state index in [-0.39, 0.29) is 28.1 Å². The second-order valence-electron chi connectivity index (χ2n) is 5.22. The highest BCUT2D eigenvalue weighted by Crippen LogP contribution is 2.44. The van der Waals surface area contributed by atoms with Crippen LogP contribution < -0.4 is 0 Å². The molecule has 0 aliphatic heterocycles. The van der Waals surface area contributed by atoms with Gasteiger partial charge in [-0.15, -0.1) is 0 Å². The Hall–Kier alpha value is -0.720. The number of hydrogen-bond donors (Lipinski definition) is 1. The van der Waals surface area contributed by atoms with Crippen LogP contribution in [0.1, 0.15) is 30.1 Å². The molecule has 1 saturated carbocycles. The fraction of sp³-hybridized carbons (Fsp3) is 0.500. The van der Waals surface area contributed by atoms with Crippen LogP contribution in [-0.2, 0) is 15.8 Å². The zero-order valence-corrected chi connectivity index (χ0v) is 13.5. The molecule has 1 N–H and O–H groups in total. The van der Waals surface area contributed by atoms with E-state index in [1.807, 2.05) is 13.0 Å². The van der Waals surface area contributed by atoms with E-state index in [1.54, 1.807) is 24.3 Å². The molecule has 4 atom stereocenters. The van der Waals surface area contributed by atoms with Crippen LogP contribution in [0.15, 0.2) is 30.3 Å². The van der Waals surface area contributed by atoms with E-state index in [2.05, 4.69) is 15.9 Å². The minimum Gasteiger partial charge on any atom is -0.458 e. The largest absolute Gasteiger partial charge is 0.458 e. The maximum atomic E-state index is 12.1. The van der Waals surface area contributed by atoms with Crippen LogP contribution in [0.3, 0.4) is 0 Å². The fourth-order valence-electron chi connectivity index (χ4n) is 2.55. The zero-order chi connectivity index (χ0) is 14.8. The average Bonchev–Trinajstić information content (AvgIpc) is 2.67. The summed E-state index contributed by atoms with van der Waals surface area (Å²) in [5, 5.41) is 0. The molecule has 1 aromatic rings. The van der Waals surface area contributed by atoms with Gasteiger partial charge < -0.3 is 9.29 Å². The van der Waals surface area contributed by atoms with Crippen LogP contribution in [0.5, 0.6) is 0 Å². The predicted molar refractivity (Wildman–Crippen MR) is 81.3 cm³/mol. The Morgan fingerprint density at radius 3 is 2.75 bits per heavy atom. The summed E-state index contributed by atoms with van der Waals surface area (Å²) in [5.41, 5.74) is 0.500. The van der Waals surface area contributed by atoms with E-state index in [0.717, 1.165) is 6.42 Å². The predicted octanol–water partition coefficient (Wildman–Crippen LogP) is 3.00. The number of rotatable bonds is 4. The van der Waals surface area contributed by atoms with Crippen molar-refractivity contribution in [3.05, 3.63) is 35.9 Å². The van der Waals surface area contributed by atoms with Gasteiger partial charge >= 0.3 is 5.97 Å². The summed E-state index contributed by atoms with van der Waals surface area (Å²) in [7, 11) is 0. The van der Waals surface area contributed by atoms with Crippen molar-refractivity contribution in [1.29, 1.82) is 0 Å². The number of hydrogen-bond acceptors (Lipinski definition) is 3. The number of benzene rings is 1. The van der Waals surface area contributed by atoms with Gasteiger partial charge in [-0.05, 0) is 31.9 Å². The van der Waals surface area contributed by atoms with Crippen LogP contribution >= 0.6 is 15.9 Å². The Morgan fingerprint density at radius 2 is 2.15 bits per heavy atom. The molecule has 20 heavy (non-hydrogen) atoms. The molecule has 4 unspecified atom stereocenters. The maximum absolute atomic E-state index is 12.1. The number of ether oxygens (including phenoxy) is 1. The quantitative estimate of drug-likeness (QED) is 0.509. The summed E-state index contributed by atoms with van der Waals surface area (Å²) in [5.74, 6) is -0.440. The molecule has 0 saturated heterocycles. The number of halogens is 1. The normalized spacial score (nSPS) is 30.9. The minimum absolute atomic E-state index is 0.106. The van der Waals surface area contributed by atoms with Gasteiger partial charge in [-0.1, -0.05) is 34.1 Å². The third-order valence-corrected chi connectivity index (χ3v) is 5.36. The van der Waals surface area contributed by atoms with Gasteiger partial charge in [0, 0.05) is 10.2 Å². The van der Waals surface area contributed by atoms with Crippen LogP contribution in [-0.4, -0.2) is 30.9 Å². The Balaban J connectivity index is 2.08. The standard InChI is InChI=1S/C14H17BrO4S/c1-14(15)8-7-12(11(14)9-20(17)18)19-13(16)10-5-3-2-4-6-10/h2-6,11-12H,7-9H2,1H3,(H,17,18). The van der Waals surface area contributed by atoms with Crippen molar-refractivity contribution in [1.82, 2.24) is 0 Å². The van der Waals surface area contributed by atoms with Crippen molar-refractivity contribution >= 4 is 33.0 Å². The highest BCUT2D eigenvalue weighted by atomic mass is 79.9. The first kappa shape index (κ1) is 15.7. The van der Waals surface area contributed by atoms with Crippen LogP contribution in [0.4, 0.5) is 0 Å². The van der Waals surface area contributed by atoms with E-state index < -0.39 is 11.1 Å². The third kappa shape index (κ3) is 3.68. The zero-order valence-electron chi connectivity index (χ0n) is 11.1. The van der Waals surface area contributed by atoms with E-state index in [0.29, 0.717) is 12.0 Å². The van der Waals surface area contributed by atoms with Crippen LogP contribution in [0.25, 0.3) is 0 Å². The Morgan fingerprint density at radius 1 is 1.50 bits per heavy atom. The maximum Gasteiger partial charge on any atom is 0.338 e.